The molecule has 0 heterocycles. The molecule has 0 aliphatic carbocycles. The molecule has 0 N–H and O–H groups in total. The van der Waals surface area contributed by atoms with Gasteiger partial charge in [0.15, 0.2) is 23.0 Å². The topological polar surface area (TPSA) is 108 Å². The van der Waals surface area contributed by atoms with Crippen LogP contribution in [-0.4, -0.2) is 68.8 Å². The van der Waals surface area contributed by atoms with Crippen molar-refractivity contribution in [3.63, 3.8) is 0 Å². The molecule has 36 heavy (non-hydrogen) atoms. The summed E-state index contributed by atoms with van der Waals surface area (Å²) in [4.78, 5) is 25.7. The lowest BCUT2D eigenvalue weighted by atomic mass is 9.70. The number of carbonyl (C=O) groups is 2. The fourth-order valence-electron chi connectivity index (χ4n) is 4.22. The van der Waals surface area contributed by atoms with Crippen molar-refractivity contribution in [2.24, 2.45) is 0 Å². The second-order valence-electron chi connectivity index (χ2n) is 7.65. The van der Waals surface area contributed by atoms with Crippen LogP contribution in [-0.2, 0) is 24.5 Å². The van der Waals surface area contributed by atoms with Gasteiger partial charge in [-0.25, -0.2) is 0 Å². The van der Waals surface area contributed by atoms with Crippen LogP contribution in [0.5, 0.6) is 34.5 Å². The van der Waals surface area contributed by atoms with Crippen LogP contribution in [0.25, 0.3) is 0 Å². The lowest BCUT2D eigenvalue weighted by Crippen LogP contribution is -2.38. The number of hydrogen-bond donors (Lipinski definition) is 0. The predicted molar refractivity (Wildman–Crippen MR) is 131 cm³/mol. The Bertz CT molecular complexity index is 949. The Morgan fingerprint density at radius 1 is 0.611 bits per heavy atom. The van der Waals surface area contributed by atoms with Gasteiger partial charge in [0.25, 0.3) is 0 Å². The van der Waals surface area contributed by atoms with Gasteiger partial charge in [-0.05, 0) is 48.2 Å². The van der Waals surface area contributed by atoms with Crippen LogP contribution in [0.15, 0.2) is 24.3 Å². The minimum absolute atomic E-state index is 0.0874. The highest BCUT2D eigenvalue weighted by molar-refractivity contribution is 5.89. The first kappa shape index (κ1) is 28.4. The average Bonchev–Trinajstić information content (AvgIpc) is 2.92. The normalized spacial score (nSPS) is 10.8. The van der Waals surface area contributed by atoms with Crippen LogP contribution in [0.2, 0.25) is 0 Å². The Balaban J connectivity index is 2.96. The zero-order valence-electron chi connectivity index (χ0n) is 22.0. The lowest BCUT2D eigenvalue weighted by molar-refractivity contribution is -0.147. The molecule has 0 unspecified atom stereocenters. The maximum Gasteiger partial charge on any atom is 0.320 e. The van der Waals surface area contributed by atoms with E-state index in [1.54, 1.807) is 24.3 Å². The van der Waals surface area contributed by atoms with E-state index in [-0.39, 0.29) is 12.8 Å². The lowest BCUT2D eigenvalue weighted by Gasteiger charge is -2.34. The summed E-state index contributed by atoms with van der Waals surface area (Å²) in [6.45, 7) is 0. The van der Waals surface area contributed by atoms with Gasteiger partial charge in [-0.15, -0.1) is 0 Å². The molecule has 0 aliphatic heterocycles. The monoisotopic (exact) mass is 506 g/mol. The summed E-state index contributed by atoms with van der Waals surface area (Å²) >= 11 is 0. The minimum Gasteiger partial charge on any atom is -0.493 e. The molecule has 2 aromatic rings. The Hall–Kier alpha value is -3.82. The third kappa shape index (κ3) is 5.37. The zero-order valence-corrected chi connectivity index (χ0v) is 22.0. The molecule has 0 radical (unpaired) electrons. The highest BCUT2D eigenvalue weighted by Crippen LogP contribution is 2.49. The van der Waals surface area contributed by atoms with Crippen LogP contribution in [0.3, 0.4) is 0 Å². The number of esters is 2. The van der Waals surface area contributed by atoms with Crippen molar-refractivity contribution >= 4 is 11.9 Å². The molecule has 2 rings (SSSR count). The molecule has 0 aliphatic rings. The summed E-state index contributed by atoms with van der Waals surface area (Å²) in [7, 11) is 11.5. The summed E-state index contributed by atoms with van der Waals surface area (Å²) in [5.41, 5.74) is -0.450. The summed E-state index contributed by atoms with van der Waals surface area (Å²) < 4.78 is 43.3. The van der Waals surface area contributed by atoms with E-state index in [1.165, 1.54) is 56.9 Å². The van der Waals surface area contributed by atoms with Crippen LogP contribution < -0.4 is 28.4 Å². The van der Waals surface area contributed by atoms with Gasteiger partial charge in [0, 0.05) is 6.42 Å². The molecule has 0 atom stereocenters. The first-order valence-corrected chi connectivity index (χ1v) is 11.1. The quantitative estimate of drug-likeness (QED) is 0.374. The standard InChI is InChI=1S/C26H34O10/c1-29-18-12-16(13-19(30-2)23(18)34-6)26(25(28)36-8,11-9-10-22(27)33-5)17-14-20(31-3)24(35-7)21(15-17)32-4/h12-15H,9-11H2,1-8H3. The number of hydrogen-bond acceptors (Lipinski definition) is 10. The van der Waals surface area contributed by atoms with Gasteiger partial charge in [-0.3, -0.25) is 9.59 Å². The number of methoxy groups -OCH3 is 8. The smallest absolute Gasteiger partial charge is 0.320 e. The third-order valence-corrected chi connectivity index (χ3v) is 6.01. The third-order valence-electron chi connectivity index (χ3n) is 6.01. The van der Waals surface area contributed by atoms with Crippen molar-refractivity contribution in [1.82, 2.24) is 0 Å². The molecular formula is C26H34O10. The fraction of sp³-hybridized carbons (Fsp3) is 0.462. The average molecular weight is 507 g/mol. The molecule has 0 aromatic heterocycles. The van der Waals surface area contributed by atoms with Crippen LogP contribution >= 0.6 is 0 Å². The van der Waals surface area contributed by atoms with E-state index in [1.807, 2.05) is 0 Å². The van der Waals surface area contributed by atoms with E-state index in [0.717, 1.165) is 0 Å². The number of rotatable bonds is 13. The Labute approximate surface area is 211 Å². The van der Waals surface area contributed by atoms with Gasteiger partial charge in [0.2, 0.25) is 11.5 Å². The van der Waals surface area contributed by atoms with Crippen molar-refractivity contribution in [1.29, 1.82) is 0 Å². The molecule has 0 saturated heterocycles. The van der Waals surface area contributed by atoms with Crippen LogP contribution in [0.4, 0.5) is 0 Å². The highest BCUT2D eigenvalue weighted by Gasteiger charge is 2.45. The molecular weight excluding hydrogens is 472 g/mol. The maximum absolute atomic E-state index is 13.7. The van der Waals surface area contributed by atoms with Gasteiger partial charge >= 0.3 is 11.9 Å². The van der Waals surface area contributed by atoms with Gasteiger partial charge in [0.05, 0.1) is 56.9 Å². The molecule has 0 saturated carbocycles. The molecule has 0 bridgehead atoms. The Morgan fingerprint density at radius 3 is 1.28 bits per heavy atom. The molecule has 2 aromatic carbocycles. The summed E-state index contributed by atoms with van der Waals surface area (Å²) in [5, 5.41) is 0. The van der Waals surface area contributed by atoms with E-state index in [2.05, 4.69) is 0 Å². The summed E-state index contributed by atoms with van der Waals surface area (Å²) in [6, 6.07) is 6.72. The maximum atomic E-state index is 13.7. The first-order chi connectivity index (χ1) is 17.3. The largest absolute Gasteiger partial charge is 0.493 e. The second-order valence-corrected chi connectivity index (χ2v) is 7.65. The summed E-state index contributed by atoms with van der Waals surface area (Å²) in [6.07, 6.45) is 0.561. The van der Waals surface area contributed by atoms with E-state index in [0.29, 0.717) is 52.0 Å². The van der Waals surface area contributed by atoms with Gasteiger partial charge in [-0.2, -0.15) is 0 Å². The SMILES string of the molecule is COC(=O)CCCC(C(=O)OC)(c1cc(OC)c(OC)c(OC)c1)c1cc(OC)c(OC)c(OC)c1. The van der Waals surface area contributed by atoms with Crippen molar-refractivity contribution in [2.45, 2.75) is 24.7 Å². The van der Waals surface area contributed by atoms with Crippen molar-refractivity contribution in [2.75, 3.05) is 56.9 Å². The molecule has 0 amide bonds. The van der Waals surface area contributed by atoms with E-state index in [9.17, 15) is 9.59 Å². The molecule has 10 nitrogen and oxygen atoms in total. The predicted octanol–water partition coefficient (Wildman–Crippen LogP) is 3.54. The highest BCUT2D eigenvalue weighted by atomic mass is 16.5. The van der Waals surface area contributed by atoms with Crippen LogP contribution in [0, 0.1) is 0 Å². The van der Waals surface area contributed by atoms with E-state index in [4.69, 9.17) is 37.9 Å². The number of benzene rings is 2. The van der Waals surface area contributed by atoms with Crippen molar-refractivity contribution < 1.29 is 47.5 Å². The van der Waals surface area contributed by atoms with E-state index >= 15 is 0 Å². The number of carbonyl (C=O) groups excluding carboxylic acids is 2. The van der Waals surface area contributed by atoms with Gasteiger partial charge in [0.1, 0.15) is 5.41 Å². The minimum atomic E-state index is -1.43. The summed E-state index contributed by atoms with van der Waals surface area (Å²) in [5.74, 6) is 1.14. The zero-order chi connectivity index (χ0) is 26.9. The molecule has 0 fully saturated rings. The Morgan fingerprint density at radius 2 is 1.00 bits per heavy atom. The second kappa shape index (κ2) is 12.8. The number of ether oxygens (including phenoxy) is 8. The fourth-order valence-corrected chi connectivity index (χ4v) is 4.22. The van der Waals surface area contributed by atoms with Gasteiger partial charge < -0.3 is 37.9 Å². The molecule has 0 spiro atoms. The van der Waals surface area contributed by atoms with Crippen molar-refractivity contribution in [3.8, 4) is 34.5 Å². The van der Waals surface area contributed by atoms with E-state index < -0.39 is 17.4 Å². The van der Waals surface area contributed by atoms with Gasteiger partial charge in [-0.1, -0.05) is 0 Å². The molecule has 198 valence electrons. The van der Waals surface area contributed by atoms with Crippen molar-refractivity contribution in [3.05, 3.63) is 35.4 Å². The Kier molecular flexibility index (Phi) is 10.1. The van der Waals surface area contributed by atoms with Crippen LogP contribution in [0.1, 0.15) is 30.4 Å². The first-order valence-electron chi connectivity index (χ1n) is 11.1. The molecule has 10 heteroatoms.